The Kier molecular flexibility index (Phi) is 3.91. The van der Waals surface area contributed by atoms with Crippen LogP contribution in [0.1, 0.15) is 12.8 Å². The van der Waals surface area contributed by atoms with Gasteiger partial charge in [0, 0.05) is 14.9 Å². The average Bonchev–Trinajstić information content (AvgIpc) is 2.10. The molecule has 0 amide bonds. The smallest absolute Gasteiger partial charge is 0.0581 e. The molecule has 0 aromatic rings. The summed E-state index contributed by atoms with van der Waals surface area (Å²) >= 11 is 0. The predicted octanol–water partition coefficient (Wildman–Crippen LogP) is 0.497. The van der Waals surface area contributed by atoms with Crippen molar-refractivity contribution in [3.63, 3.8) is 0 Å². The lowest BCUT2D eigenvalue weighted by molar-refractivity contribution is 0.0184. The third-order valence-electron chi connectivity index (χ3n) is 2.77. The van der Waals surface area contributed by atoms with Crippen molar-refractivity contribution in [2.75, 3.05) is 33.4 Å². The topological polar surface area (TPSA) is 32.7 Å². The highest BCUT2D eigenvalue weighted by Crippen LogP contribution is 2.31. The third kappa shape index (κ3) is 2.40. The number of piperidine rings is 1. The number of hydrogen-bond donors (Lipinski definition) is 1. The third-order valence-corrected chi connectivity index (χ3v) is 2.94. The second-order valence-electron chi connectivity index (χ2n) is 3.77. The van der Waals surface area contributed by atoms with E-state index in [1.807, 2.05) is 0 Å². The van der Waals surface area contributed by atoms with Crippen LogP contribution in [-0.4, -0.2) is 43.4 Å². The lowest BCUT2D eigenvalue weighted by Gasteiger charge is -2.38. The molecular weight excluding hydrogens is 173 g/mol. The van der Waals surface area contributed by atoms with Crippen LogP contribution < -0.4 is 0 Å². The minimum Gasteiger partial charge on any atom is -0.396 e. The van der Waals surface area contributed by atoms with Crippen LogP contribution >= 0.6 is 9.47 Å². The summed E-state index contributed by atoms with van der Waals surface area (Å²) in [6.45, 7) is 3.03. The summed E-state index contributed by atoms with van der Waals surface area (Å²) in [5, 5.41) is 9.25. The first kappa shape index (κ1) is 10.4. The molecule has 1 rings (SSSR count). The van der Waals surface area contributed by atoms with E-state index >= 15 is 0 Å². The zero-order valence-corrected chi connectivity index (χ0v) is 8.78. The van der Waals surface area contributed by atoms with E-state index in [-0.39, 0.29) is 12.0 Å². The summed E-state index contributed by atoms with van der Waals surface area (Å²) in [4.78, 5) is 2.29. The number of likely N-dealkylation sites (tertiary alicyclic amines) is 1. The van der Waals surface area contributed by atoms with Gasteiger partial charge in [-0.15, -0.1) is 0 Å². The van der Waals surface area contributed by atoms with Crippen molar-refractivity contribution in [3.05, 3.63) is 0 Å². The second kappa shape index (κ2) is 4.52. The van der Waals surface area contributed by atoms with E-state index in [0.717, 1.165) is 25.9 Å². The lowest BCUT2D eigenvalue weighted by Crippen LogP contribution is -2.42. The minimum absolute atomic E-state index is 0.0221. The van der Waals surface area contributed by atoms with Gasteiger partial charge < -0.3 is 14.5 Å². The van der Waals surface area contributed by atoms with Crippen LogP contribution in [0.15, 0.2) is 0 Å². The SMILES string of the molecule is CN1CCC(CO)(COP)CC1. The molecule has 0 aliphatic carbocycles. The van der Waals surface area contributed by atoms with E-state index in [1.54, 1.807) is 0 Å². The molecule has 0 spiro atoms. The van der Waals surface area contributed by atoms with E-state index < -0.39 is 0 Å². The predicted molar refractivity (Wildman–Crippen MR) is 51.9 cm³/mol. The summed E-state index contributed by atoms with van der Waals surface area (Å²) in [7, 11) is 4.37. The first-order chi connectivity index (χ1) is 5.72. The Morgan fingerprint density at radius 1 is 1.50 bits per heavy atom. The number of rotatable bonds is 3. The van der Waals surface area contributed by atoms with Crippen molar-refractivity contribution in [3.8, 4) is 0 Å². The van der Waals surface area contributed by atoms with Gasteiger partial charge in [0.05, 0.1) is 13.2 Å². The standard InChI is InChI=1S/C8H18NO2P/c1-9-4-2-8(6-10,3-5-9)7-11-12/h10H,2-7,12H2,1H3. The van der Waals surface area contributed by atoms with E-state index in [0.29, 0.717) is 6.61 Å². The zero-order valence-electron chi connectivity index (χ0n) is 7.62. The van der Waals surface area contributed by atoms with Gasteiger partial charge in [-0.05, 0) is 33.0 Å². The Morgan fingerprint density at radius 2 is 2.08 bits per heavy atom. The highest BCUT2D eigenvalue weighted by Gasteiger charge is 2.32. The average molecular weight is 191 g/mol. The van der Waals surface area contributed by atoms with E-state index in [4.69, 9.17) is 4.52 Å². The first-order valence-corrected chi connectivity index (χ1v) is 4.81. The van der Waals surface area contributed by atoms with Gasteiger partial charge in [-0.1, -0.05) is 0 Å². The molecule has 1 unspecified atom stereocenters. The molecule has 0 radical (unpaired) electrons. The molecule has 3 nitrogen and oxygen atoms in total. The number of hydrogen-bond acceptors (Lipinski definition) is 3. The molecule has 1 N–H and O–H groups in total. The second-order valence-corrected chi connectivity index (χ2v) is 4.11. The van der Waals surface area contributed by atoms with Gasteiger partial charge in [-0.25, -0.2) is 0 Å². The molecule has 1 heterocycles. The summed E-state index contributed by atoms with van der Waals surface area (Å²) in [6, 6.07) is 0. The Labute approximate surface area is 76.4 Å². The van der Waals surface area contributed by atoms with E-state index in [2.05, 4.69) is 21.4 Å². The van der Waals surface area contributed by atoms with Gasteiger partial charge in [0.25, 0.3) is 0 Å². The normalized spacial score (nSPS) is 24.2. The fourth-order valence-corrected chi connectivity index (χ4v) is 1.97. The molecule has 4 heteroatoms. The summed E-state index contributed by atoms with van der Waals surface area (Å²) in [5.74, 6) is 0. The van der Waals surface area contributed by atoms with Gasteiger partial charge >= 0.3 is 0 Å². The van der Waals surface area contributed by atoms with Gasteiger partial charge in [0.2, 0.25) is 0 Å². The quantitative estimate of drug-likeness (QED) is 0.659. The fourth-order valence-electron chi connectivity index (χ4n) is 1.62. The van der Waals surface area contributed by atoms with Crippen molar-refractivity contribution < 1.29 is 9.63 Å². The molecule has 1 aliphatic heterocycles. The molecule has 1 saturated heterocycles. The summed E-state index contributed by atoms with van der Waals surface area (Å²) in [6.07, 6.45) is 2.07. The Morgan fingerprint density at radius 3 is 2.50 bits per heavy atom. The Balaban J connectivity index is 2.45. The highest BCUT2D eigenvalue weighted by atomic mass is 31.0. The van der Waals surface area contributed by atoms with Crippen molar-refractivity contribution in [2.24, 2.45) is 5.41 Å². The van der Waals surface area contributed by atoms with Crippen LogP contribution in [0.2, 0.25) is 0 Å². The lowest BCUT2D eigenvalue weighted by atomic mass is 9.80. The van der Waals surface area contributed by atoms with Gasteiger partial charge in [-0.3, -0.25) is 0 Å². The molecule has 72 valence electrons. The van der Waals surface area contributed by atoms with Crippen molar-refractivity contribution in [1.29, 1.82) is 0 Å². The molecule has 0 saturated carbocycles. The minimum atomic E-state index is 0.0221. The van der Waals surface area contributed by atoms with Crippen LogP contribution in [0.3, 0.4) is 0 Å². The molecule has 1 atom stereocenters. The van der Waals surface area contributed by atoms with E-state index in [9.17, 15) is 5.11 Å². The van der Waals surface area contributed by atoms with Gasteiger partial charge in [0.15, 0.2) is 0 Å². The fraction of sp³-hybridized carbons (Fsp3) is 1.00. The molecule has 0 aromatic carbocycles. The molecule has 1 aliphatic rings. The summed E-state index contributed by atoms with van der Waals surface area (Å²) < 4.78 is 5.05. The monoisotopic (exact) mass is 191 g/mol. The zero-order chi connectivity index (χ0) is 9.03. The Hall–Kier alpha value is 0.310. The maximum Gasteiger partial charge on any atom is 0.0581 e. The Bertz CT molecular complexity index is 135. The van der Waals surface area contributed by atoms with Crippen molar-refractivity contribution in [2.45, 2.75) is 12.8 Å². The van der Waals surface area contributed by atoms with Crippen LogP contribution in [0, 0.1) is 5.41 Å². The van der Waals surface area contributed by atoms with Crippen LogP contribution in [0.25, 0.3) is 0 Å². The molecule has 0 aromatic heterocycles. The van der Waals surface area contributed by atoms with Crippen LogP contribution in [0.4, 0.5) is 0 Å². The number of aliphatic hydroxyl groups is 1. The van der Waals surface area contributed by atoms with Crippen LogP contribution in [0.5, 0.6) is 0 Å². The highest BCUT2D eigenvalue weighted by molar-refractivity contribution is 7.09. The first-order valence-electron chi connectivity index (χ1n) is 4.33. The largest absolute Gasteiger partial charge is 0.396 e. The molecule has 1 fully saturated rings. The number of aliphatic hydroxyl groups excluding tert-OH is 1. The van der Waals surface area contributed by atoms with Crippen molar-refractivity contribution in [1.82, 2.24) is 4.90 Å². The summed E-state index contributed by atoms with van der Waals surface area (Å²) in [5.41, 5.74) is 0.0221. The van der Waals surface area contributed by atoms with Gasteiger partial charge in [-0.2, -0.15) is 0 Å². The van der Waals surface area contributed by atoms with E-state index in [1.165, 1.54) is 0 Å². The molecule has 12 heavy (non-hydrogen) atoms. The number of nitrogens with zero attached hydrogens (tertiary/aromatic N) is 1. The molecular formula is C8H18NO2P. The van der Waals surface area contributed by atoms with Crippen LogP contribution in [-0.2, 0) is 4.52 Å². The van der Waals surface area contributed by atoms with Gasteiger partial charge in [0.1, 0.15) is 0 Å². The maximum absolute atomic E-state index is 9.25. The molecule has 0 bridgehead atoms. The van der Waals surface area contributed by atoms with Crippen molar-refractivity contribution >= 4 is 9.47 Å². The maximum atomic E-state index is 9.25.